The molecular formula is C29H24ClFN4O5S. The van der Waals surface area contributed by atoms with Gasteiger partial charge in [0.15, 0.2) is 0 Å². The molecule has 1 aromatic heterocycles. The summed E-state index contributed by atoms with van der Waals surface area (Å²) in [5.41, 5.74) is 5.36. The summed E-state index contributed by atoms with van der Waals surface area (Å²) < 4.78 is 42.2. The van der Waals surface area contributed by atoms with Crippen molar-refractivity contribution in [2.75, 3.05) is 5.01 Å². The Morgan fingerprint density at radius 1 is 1.10 bits per heavy atom. The molecule has 9 nitrogen and oxygen atoms in total. The first-order chi connectivity index (χ1) is 19.5. The number of nitrogens with zero attached hydrogens (tertiary/aromatic N) is 1. The lowest BCUT2D eigenvalue weighted by molar-refractivity contribution is -0.116. The molecular weight excluding hydrogens is 571 g/mol. The van der Waals surface area contributed by atoms with E-state index in [2.05, 4.69) is 10.7 Å². The van der Waals surface area contributed by atoms with Crippen LogP contribution in [0.25, 0.3) is 17.4 Å². The van der Waals surface area contributed by atoms with E-state index in [0.717, 1.165) is 5.56 Å². The normalized spacial score (nSPS) is 16.2. The third kappa shape index (κ3) is 6.17. The highest BCUT2D eigenvalue weighted by Crippen LogP contribution is 2.30. The maximum Gasteiger partial charge on any atom is 0.268 e. The molecule has 2 amide bonds. The van der Waals surface area contributed by atoms with Gasteiger partial charge in [0.1, 0.15) is 17.3 Å². The molecule has 1 atom stereocenters. The Balaban J connectivity index is 1.32. The van der Waals surface area contributed by atoms with Gasteiger partial charge in [0.2, 0.25) is 10.0 Å². The number of halogens is 2. The third-order valence-corrected chi connectivity index (χ3v) is 7.81. The molecule has 4 aromatic rings. The number of hydrogen-bond acceptors (Lipinski definition) is 6. The lowest BCUT2D eigenvalue weighted by atomic mass is 10.1. The molecule has 0 aliphatic carbocycles. The molecule has 0 radical (unpaired) electrons. The van der Waals surface area contributed by atoms with Gasteiger partial charge in [-0.1, -0.05) is 23.7 Å². The number of sulfonamides is 1. The Kier molecular flexibility index (Phi) is 7.68. The smallest absolute Gasteiger partial charge is 0.268 e. The van der Waals surface area contributed by atoms with Crippen LogP contribution in [0.3, 0.4) is 0 Å². The van der Waals surface area contributed by atoms with Crippen LogP contribution in [0.4, 0.5) is 10.1 Å². The fraction of sp³-hybridized carbons (Fsp3) is 0.103. The van der Waals surface area contributed by atoms with E-state index >= 15 is 0 Å². The van der Waals surface area contributed by atoms with E-state index in [9.17, 15) is 22.4 Å². The van der Waals surface area contributed by atoms with Crippen LogP contribution in [0.2, 0.25) is 5.02 Å². The van der Waals surface area contributed by atoms with Crippen LogP contribution < -0.4 is 20.9 Å². The van der Waals surface area contributed by atoms with Crippen LogP contribution in [0, 0.1) is 5.82 Å². The van der Waals surface area contributed by atoms with Gasteiger partial charge < -0.3 is 9.73 Å². The highest BCUT2D eigenvalue weighted by Gasteiger charge is 2.33. The number of nitrogens with two attached hydrogens (primary N) is 1. The molecule has 1 aliphatic heterocycles. The number of hydrogen-bond donors (Lipinski definition) is 3. The van der Waals surface area contributed by atoms with E-state index in [-0.39, 0.29) is 33.8 Å². The average molecular weight is 595 g/mol. The van der Waals surface area contributed by atoms with Gasteiger partial charge in [0.05, 0.1) is 27.2 Å². The predicted octanol–water partition coefficient (Wildman–Crippen LogP) is 4.64. The Bertz CT molecular complexity index is 1770. The fourth-order valence-electron chi connectivity index (χ4n) is 4.34. The van der Waals surface area contributed by atoms with Gasteiger partial charge in [-0.05, 0) is 85.3 Å². The van der Waals surface area contributed by atoms with Gasteiger partial charge >= 0.3 is 0 Å². The van der Waals surface area contributed by atoms with Crippen molar-refractivity contribution in [1.29, 1.82) is 0 Å². The zero-order chi connectivity index (χ0) is 29.3. The second-order valence-corrected chi connectivity index (χ2v) is 11.3. The van der Waals surface area contributed by atoms with Crippen molar-refractivity contribution >= 4 is 45.2 Å². The fourth-order valence-corrected chi connectivity index (χ4v) is 5.06. The summed E-state index contributed by atoms with van der Waals surface area (Å²) in [6.45, 7) is 2.02. The maximum absolute atomic E-state index is 13.1. The summed E-state index contributed by atoms with van der Waals surface area (Å²) in [7, 11) is -3.84. The molecule has 0 bridgehead atoms. The zero-order valence-electron chi connectivity index (χ0n) is 21.6. The molecule has 3 aromatic carbocycles. The molecule has 0 saturated carbocycles. The Morgan fingerprint density at radius 3 is 2.49 bits per heavy atom. The predicted molar refractivity (Wildman–Crippen MR) is 153 cm³/mol. The molecule has 12 heteroatoms. The van der Waals surface area contributed by atoms with E-state index in [1.165, 1.54) is 24.3 Å². The van der Waals surface area contributed by atoms with Crippen molar-refractivity contribution in [3.05, 3.63) is 112 Å². The number of carbonyl (C=O) groups is 2. The van der Waals surface area contributed by atoms with E-state index in [0.29, 0.717) is 28.3 Å². The molecule has 1 aliphatic rings. The summed E-state index contributed by atoms with van der Waals surface area (Å²) in [5, 5.41) is 9.81. The monoisotopic (exact) mass is 594 g/mol. The van der Waals surface area contributed by atoms with Crippen molar-refractivity contribution in [3.63, 3.8) is 0 Å². The van der Waals surface area contributed by atoms with Crippen molar-refractivity contribution in [1.82, 2.24) is 10.7 Å². The van der Waals surface area contributed by atoms with Crippen molar-refractivity contribution in [2.45, 2.75) is 24.4 Å². The molecule has 2 heterocycles. The summed E-state index contributed by atoms with van der Waals surface area (Å²) in [4.78, 5) is 25.5. The largest absolute Gasteiger partial charge is 0.457 e. The zero-order valence-corrected chi connectivity index (χ0v) is 23.2. The van der Waals surface area contributed by atoms with Gasteiger partial charge in [-0.3, -0.25) is 20.0 Å². The molecule has 0 spiro atoms. The molecule has 1 saturated heterocycles. The highest BCUT2D eigenvalue weighted by molar-refractivity contribution is 7.89. The van der Waals surface area contributed by atoms with Gasteiger partial charge in [0.25, 0.3) is 11.8 Å². The van der Waals surface area contributed by atoms with Crippen LogP contribution in [-0.2, 0) is 21.4 Å². The third-order valence-electron chi connectivity index (χ3n) is 6.55. The minimum Gasteiger partial charge on any atom is -0.457 e. The van der Waals surface area contributed by atoms with E-state index in [4.69, 9.17) is 21.2 Å². The maximum atomic E-state index is 13.1. The van der Waals surface area contributed by atoms with E-state index < -0.39 is 22.0 Å². The van der Waals surface area contributed by atoms with Crippen LogP contribution >= 0.6 is 11.6 Å². The van der Waals surface area contributed by atoms with E-state index in [1.807, 2.05) is 6.92 Å². The minimum absolute atomic E-state index is 0.0333. The molecule has 4 N–H and O–H groups in total. The summed E-state index contributed by atoms with van der Waals surface area (Å²) in [6, 6.07) is 19.6. The number of anilines is 1. The van der Waals surface area contributed by atoms with E-state index in [1.54, 1.807) is 65.7 Å². The van der Waals surface area contributed by atoms with Gasteiger partial charge in [0, 0.05) is 17.7 Å². The number of carbonyl (C=O) groups excluding carboxylic acids is 2. The Morgan fingerprint density at radius 2 is 1.80 bits per heavy atom. The van der Waals surface area contributed by atoms with Gasteiger partial charge in [-0.25, -0.2) is 17.9 Å². The summed E-state index contributed by atoms with van der Waals surface area (Å²) in [5.74, 6) is -0.216. The highest BCUT2D eigenvalue weighted by atomic mass is 35.5. The first-order valence-electron chi connectivity index (χ1n) is 12.4. The van der Waals surface area contributed by atoms with Crippen molar-refractivity contribution in [2.24, 2.45) is 5.14 Å². The lowest BCUT2D eigenvalue weighted by Crippen LogP contribution is -2.37. The van der Waals surface area contributed by atoms with Gasteiger partial charge in [-0.15, -0.1) is 0 Å². The van der Waals surface area contributed by atoms with Crippen LogP contribution in [-0.4, -0.2) is 26.3 Å². The first-order valence-corrected chi connectivity index (χ1v) is 14.3. The standard InChI is InChI=1S/C29H24ClFN4O5S/c1-17-24(29(37)34-35(17)21-7-10-23(11-8-21)41(32,38)39)15-22-9-13-27(40-22)19-4-12-26(30)25(14-19)28(36)33-16-18-2-5-20(31)6-3-18/h2-15,17H,16H2,1H3,(H,33,36)(H,34,37)(H2,32,38,39)/b24-15-. The Hall–Kier alpha value is -4.45. The summed E-state index contributed by atoms with van der Waals surface area (Å²) >= 11 is 6.29. The molecule has 5 rings (SSSR count). The summed E-state index contributed by atoms with van der Waals surface area (Å²) in [6.07, 6.45) is 1.62. The molecule has 41 heavy (non-hydrogen) atoms. The number of primary sulfonamides is 1. The first kappa shape index (κ1) is 28.1. The number of nitrogens with one attached hydrogen (secondary N) is 2. The minimum atomic E-state index is -3.84. The number of rotatable bonds is 7. The number of amides is 2. The SMILES string of the molecule is CC1/C(=C/c2ccc(-c3ccc(Cl)c(C(=O)NCc4ccc(F)cc4)c3)o2)C(=O)NN1c1ccc(S(N)(=O)=O)cc1. The van der Waals surface area contributed by atoms with Crippen LogP contribution in [0.15, 0.2) is 93.7 Å². The quantitative estimate of drug-likeness (QED) is 0.267. The number of hydrazine groups is 1. The molecule has 210 valence electrons. The second-order valence-electron chi connectivity index (χ2n) is 9.33. The van der Waals surface area contributed by atoms with Crippen molar-refractivity contribution in [3.8, 4) is 11.3 Å². The molecule has 1 unspecified atom stereocenters. The van der Waals surface area contributed by atoms with Crippen molar-refractivity contribution < 1.29 is 26.8 Å². The topological polar surface area (TPSA) is 135 Å². The average Bonchev–Trinajstić information content (AvgIpc) is 3.53. The van der Waals surface area contributed by atoms with Crippen LogP contribution in [0.1, 0.15) is 28.6 Å². The number of furan rings is 1. The second kappa shape index (κ2) is 11.2. The molecule has 1 fully saturated rings. The number of benzene rings is 3. The Labute approximate surface area is 240 Å². The van der Waals surface area contributed by atoms with Crippen LogP contribution in [0.5, 0.6) is 0 Å². The lowest BCUT2D eigenvalue weighted by Gasteiger charge is -2.22. The van der Waals surface area contributed by atoms with Gasteiger partial charge in [-0.2, -0.15) is 0 Å².